The van der Waals surface area contributed by atoms with Crippen LogP contribution in [0, 0.1) is 12.3 Å². The molecule has 0 aromatic heterocycles. The third kappa shape index (κ3) is 2.64. The minimum absolute atomic E-state index is 0.142. The average Bonchev–Trinajstić information content (AvgIpc) is 2.26. The summed E-state index contributed by atoms with van der Waals surface area (Å²) in [6.45, 7) is 5.32. The number of nitrogens with two attached hydrogens (primary N) is 1. The van der Waals surface area contributed by atoms with E-state index in [1.165, 1.54) is 11.3 Å². The predicted octanol–water partition coefficient (Wildman–Crippen LogP) is 2.17. The third-order valence-corrected chi connectivity index (χ3v) is 3.90. The summed E-state index contributed by atoms with van der Waals surface area (Å²) >= 11 is 3.52. The number of rotatable bonds is 4. The van der Waals surface area contributed by atoms with Gasteiger partial charge < -0.3 is 15.4 Å². The normalized spacial score (nSPS) is 17.6. The Morgan fingerprint density at radius 2 is 2.18 bits per heavy atom. The Kier molecular flexibility index (Phi) is 3.76. The first-order chi connectivity index (χ1) is 8.06. The second kappa shape index (κ2) is 4.96. The number of aryl methyl sites for hydroxylation is 1. The standard InChI is InChI=1S/C13H19BrN2O/c1-10-3-4-11(14)5-12(10)16(2)7-13(6-15)8-17-9-13/h3-5H,6-9,15H2,1-2H3. The summed E-state index contributed by atoms with van der Waals surface area (Å²) in [4.78, 5) is 2.27. The fourth-order valence-corrected chi connectivity index (χ4v) is 2.60. The van der Waals surface area contributed by atoms with Crippen LogP contribution >= 0.6 is 15.9 Å². The molecule has 0 atom stereocenters. The number of benzene rings is 1. The van der Waals surface area contributed by atoms with E-state index in [0.29, 0.717) is 6.54 Å². The molecule has 2 rings (SSSR count). The number of ether oxygens (including phenoxy) is 1. The predicted molar refractivity (Wildman–Crippen MR) is 74.5 cm³/mol. The quantitative estimate of drug-likeness (QED) is 0.926. The van der Waals surface area contributed by atoms with Crippen LogP contribution in [0.25, 0.3) is 0 Å². The summed E-state index contributed by atoms with van der Waals surface area (Å²) in [5.41, 5.74) is 8.52. The molecule has 1 aromatic rings. The van der Waals surface area contributed by atoms with Crippen LogP contribution in [0.4, 0.5) is 5.69 Å². The summed E-state index contributed by atoms with van der Waals surface area (Å²) in [6.07, 6.45) is 0. The van der Waals surface area contributed by atoms with Crippen molar-refractivity contribution in [3.05, 3.63) is 28.2 Å². The van der Waals surface area contributed by atoms with Crippen molar-refractivity contribution in [2.45, 2.75) is 6.92 Å². The molecule has 0 aliphatic carbocycles. The Hall–Kier alpha value is -0.580. The lowest BCUT2D eigenvalue weighted by molar-refractivity contribution is -0.101. The van der Waals surface area contributed by atoms with Crippen LogP contribution in [0.2, 0.25) is 0 Å². The van der Waals surface area contributed by atoms with Gasteiger partial charge >= 0.3 is 0 Å². The second-order valence-electron chi connectivity index (χ2n) is 4.98. The number of anilines is 1. The van der Waals surface area contributed by atoms with Gasteiger partial charge in [0.15, 0.2) is 0 Å². The minimum atomic E-state index is 0.142. The van der Waals surface area contributed by atoms with Gasteiger partial charge in [0.25, 0.3) is 0 Å². The van der Waals surface area contributed by atoms with Gasteiger partial charge in [-0.15, -0.1) is 0 Å². The molecule has 1 fully saturated rings. The molecule has 4 heteroatoms. The lowest BCUT2D eigenvalue weighted by Gasteiger charge is -2.43. The first-order valence-corrected chi connectivity index (χ1v) is 6.61. The van der Waals surface area contributed by atoms with E-state index in [-0.39, 0.29) is 5.41 Å². The molecule has 1 aromatic carbocycles. The number of halogens is 1. The Bertz CT molecular complexity index is 399. The molecule has 0 saturated carbocycles. The summed E-state index contributed by atoms with van der Waals surface area (Å²) in [6, 6.07) is 6.35. The van der Waals surface area contributed by atoms with E-state index in [2.05, 4.69) is 53.0 Å². The number of nitrogens with zero attached hydrogens (tertiary/aromatic N) is 1. The van der Waals surface area contributed by atoms with Crippen LogP contribution in [-0.2, 0) is 4.74 Å². The fraction of sp³-hybridized carbons (Fsp3) is 0.538. The highest BCUT2D eigenvalue weighted by molar-refractivity contribution is 9.10. The van der Waals surface area contributed by atoms with Gasteiger partial charge in [-0.3, -0.25) is 0 Å². The van der Waals surface area contributed by atoms with E-state index in [0.717, 1.165) is 24.2 Å². The van der Waals surface area contributed by atoms with Gasteiger partial charge in [0.1, 0.15) is 0 Å². The molecule has 1 heterocycles. The minimum Gasteiger partial charge on any atom is -0.380 e. The Morgan fingerprint density at radius 1 is 1.47 bits per heavy atom. The first kappa shape index (κ1) is 12.9. The Morgan fingerprint density at radius 3 is 2.71 bits per heavy atom. The number of hydrogen-bond donors (Lipinski definition) is 1. The Labute approximate surface area is 111 Å². The van der Waals surface area contributed by atoms with Crippen LogP contribution in [0.3, 0.4) is 0 Å². The molecule has 3 nitrogen and oxygen atoms in total. The maximum atomic E-state index is 5.85. The van der Waals surface area contributed by atoms with Crippen molar-refractivity contribution in [2.24, 2.45) is 11.1 Å². The zero-order valence-electron chi connectivity index (χ0n) is 10.4. The largest absolute Gasteiger partial charge is 0.380 e. The van der Waals surface area contributed by atoms with Gasteiger partial charge in [0.05, 0.1) is 13.2 Å². The lowest BCUT2D eigenvalue weighted by atomic mass is 9.85. The van der Waals surface area contributed by atoms with E-state index >= 15 is 0 Å². The van der Waals surface area contributed by atoms with Gasteiger partial charge in [0.2, 0.25) is 0 Å². The highest BCUT2D eigenvalue weighted by atomic mass is 79.9. The summed E-state index contributed by atoms with van der Waals surface area (Å²) in [5.74, 6) is 0. The molecule has 0 unspecified atom stereocenters. The molecule has 1 saturated heterocycles. The van der Waals surface area contributed by atoms with E-state index in [9.17, 15) is 0 Å². The maximum absolute atomic E-state index is 5.85. The summed E-state index contributed by atoms with van der Waals surface area (Å²) in [7, 11) is 2.12. The SMILES string of the molecule is Cc1ccc(Br)cc1N(C)CC1(CN)COC1. The monoisotopic (exact) mass is 298 g/mol. The molecule has 17 heavy (non-hydrogen) atoms. The topological polar surface area (TPSA) is 38.5 Å². The molecule has 94 valence electrons. The molecule has 0 spiro atoms. The van der Waals surface area contributed by atoms with Crippen molar-refractivity contribution in [3.8, 4) is 0 Å². The molecule has 2 N–H and O–H groups in total. The van der Waals surface area contributed by atoms with Crippen LogP contribution in [-0.4, -0.2) is 33.4 Å². The molecule has 0 amide bonds. The van der Waals surface area contributed by atoms with Crippen molar-refractivity contribution in [1.29, 1.82) is 0 Å². The van der Waals surface area contributed by atoms with E-state index < -0.39 is 0 Å². The lowest BCUT2D eigenvalue weighted by Crippen LogP contribution is -2.54. The van der Waals surface area contributed by atoms with Crippen LogP contribution in [0.15, 0.2) is 22.7 Å². The van der Waals surface area contributed by atoms with Crippen LogP contribution in [0.1, 0.15) is 5.56 Å². The van der Waals surface area contributed by atoms with Crippen molar-refractivity contribution in [1.82, 2.24) is 0 Å². The molecule has 1 aliphatic rings. The van der Waals surface area contributed by atoms with Gasteiger partial charge in [-0.2, -0.15) is 0 Å². The molecular formula is C13H19BrN2O. The maximum Gasteiger partial charge on any atom is 0.0574 e. The second-order valence-corrected chi connectivity index (χ2v) is 5.90. The smallest absolute Gasteiger partial charge is 0.0574 e. The van der Waals surface area contributed by atoms with Crippen molar-refractivity contribution in [2.75, 3.05) is 38.3 Å². The van der Waals surface area contributed by atoms with Gasteiger partial charge in [-0.25, -0.2) is 0 Å². The average molecular weight is 299 g/mol. The fourth-order valence-electron chi connectivity index (χ4n) is 2.25. The Balaban J connectivity index is 2.13. The summed E-state index contributed by atoms with van der Waals surface area (Å²) < 4.78 is 6.41. The van der Waals surface area contributed by atoms with Gasteiger partial charge in [0, 0.05) is 35.7 Å². The van der Waals surface area contributed by atoms with E-state index in [1.54, 1.807) is 0 Å². The van der Waals surface area contributed by atoms with Crippen molar-refractivity contribution in [3.63, 3.8) is 0 Å². The third-order valence-electron chi connectivity index (χ3n) is 3.40. The van der Waals surface area contributed by atoms with E-state index in [4.69, 9.17) is 10.5 Å². The zero-order chi connectivity index (χ0) is 12.5. The van der Waals surface area contributed by atoms with Gasteiger partial charge in [-0.1, -0.05) is 22.0 Å². The molecule has 0 radical (unpaired) electrons. The first-order valence-electron chi connectivity index (χ1n) is 5.81. The highest BCUT2D eigenvalue weighted by Gasteiger charge is 2.38. The molecular weight excluding hydrogens is 280 g/mol. The van der Waals surface area contributed by atoms with E-state index in [1.807, 2.05) is 0 Å². The van der Waals surface area contributed by atoms with Crippen molar-refractivity contribution < 1.29 is 4.74 Å². The zero-order valence-corrected chi connectivity index (χ0v) is 12.0. The van der Waals surface area contributed by atoms with Crippen LogP contribution < -0.4 is 10.6 Å². The van der Waals surface area contributed by atoms with Gasteiger partial charge in [-0.05, 0) is 24.6 Å². The van der Waals surface area contributed by atoms with Crippen molar-refractivity contribution >= 4 is 21.6 Å². The number of hydrogen-bond acceptors (Lipinski definition) is 3. The highest BCUT2D eigenvalue weighted by Crippen LogP contribution is 2.31. The van der Waals surface area contributed by atoms with Crippen LogP contribution in [0.5, 0.6) is 0 Å². The molecule has 0 bridgehead atoms. The molecule has 1 aliphatic heterocycles. The summed E-state index contributed by atoms with van der Waals surface area (Å²) in [5, 5.41) is 0.